The van der Waals surface area contributed by atoms with E-state index in [4.69, 9.17) is 10.5 Å². The van der Waals surface area contributed by atoms with Crippen LogP contribution < -0.4 is 11.1 Å². The number of nitrogens with one attached hydrogen (secondary N) is 1. The largest absolute Gasteiger partial charge is 0.381 e. The third kappa shape index (κ3) is 5.20. The summed E-state index contributed by atoms with van der Waals surface area (Å²) in [4.78, 5) is 12.5. The normalized spacial score (nSPS) is 17.0. The van der Waals surface area contributed by atoms with Crippen LogP contribution in [0.15, 0.2) is 24.3 Å². The fourth-order valence-corrected chi connectivity index (χ4v) is 2.97. The maximum atomic E-state index is 12.5. The summed E-state index contributed by atoms with van der Waals surface area (Å²) in [6, 6.07) is 8.66. The predicted octanol–water partition coefficient (Wildman–Crippen LogP) is 2.82. The lowest BCUT2D eigenvalue weighted by Crippen LogP contribution is -2.49. The summed E-state index contributed by atoms with van der Waals surface area (Å²) in [5.41, 5.74) is 8.17. The second kappa shape index (κ2) is 8.84. The van der Waals surface area contributed by atoms with Crippen molar-refractivity contribution in [2.45, 2.75) is 45.4 Å². The van der Waals surface area contributed by atoms with E-state index < -0.39 is 5.41 Å². The van der Waals surface area contributed by atoms with Crippen LogP contribution in [0.25, 0.3) is 0 Å². The van der Waals surface area contributed by atoms with Gasteiger partial charge in [0.2, 0.25) is 5.91 Å². The van der Waals surface area contributed by atoms with Gasteiger partial charge in [-0.3, -0.25) is 4.79 Å². The van der Waals surface area contributed by atoms with Crippen LogP contribution in [0.1, 0.15) is 44.7 Å². The van der Waals surface area contributed by atoms with Crippen molar-refractivity contribution in [3.05, 3.63) is 35.4 Å². The molecule has 136 valence electrons. The van der Waals surface area contributed by atoms with Crippen molar-refractivity contribution >= 4 is 18.3 Å². The maximum Gasteiger partial charge on any atom is 0.227 e. The molecule has 1 saturated heterocycles. The molecule has 24 heavy (non-hydrogen) atoms. The first-order valence-electron chi connectivity index (χ1n) is 8.53. The summed E-state index contributed by atoms with van der Waals surface area (Å²) in [5, 5.41) is 3.06. The molecule has 0 saturated carbocycles. The first-order chi connectivity index (χ1) is 10.9. The molecule has 2 rings (SSSR count). The van der Waals surface area contributed by atoms with E-state index in [1.165, 1.54) is 11.1 Å². The van der Waals surface area contributed by atoms with E-state index in [-0.39, 0.29) is 23.7 Å². The number of hydrogen-bond donors (Lipinski definition) is 2. The first kappa shape index (κ1) is 20.9. The second-order valence-electron chi connectivity index (χ2n) is 7.55. The minimum absolute atomic E-state index is 0. The Kier molecular flexibility index (Phi) is 7.71. The molecule has 1 aliphatic rings. The van der Waals surface area contributed by atoms with Crippen LogP contribution in [0, 0.1) is 5.41 Å². The Bertz CT molecular complexity index is 517. The summed E-state index contributed by atoms with van der Waals surface area (Å²) in [5.74, 6) is 0.0783. The Morgan fingerprint density at radius 2 is 1.79 bits per heavy atom. The van der Waals surface area contributed by atoms with Gasteiger partial charge >= 0.3 is 0 Å². The quantitative estimate of drug-likeness (QED) is 0.854. The Labute approximate surface area is 151 Å². The van der Waals surface area contributed by atoms with Gasteiger partial charge in [0.05, 0.1) is 5.41 Å². The Hall–Kier alpha value is -1.10. The van der Waals surface area contributed by atoms with Gasteiger partial charge in [0.25, 0.3) is 0 Å². The lowest BCUT2D eigenvalue weighted by molar-refractivity contribution is -0.135. The van der Waals surface area contributed by atoms with Gasteiger partial charge in [-0.1, -0.05) is 45.0 Å². The summed E-state index contributed by atoms with van der Waals surface area (Å²) in [7, 11) is 0. The smallest absolute Gasteiger partial charge is 0.227 e. The number of nitrogens with two attached hydrogens (primary N) is 1. The highest BCUT2D eigenvalue weighted by Gasteiger charge is 2.38. The van der Waals surface area contributed by atoms with Crippen LogP contribution in [0.3, 0.4) is 0 Å². The molecule has 0 unspecified atom stereocenters. The van der Waals surface area contributed by atoms with Gasteiger partial charge in [-0.2, -0.15) is 0 Å². The number of amides is 1. The summed E-state index contributed by atoms with van der Waals surface area (Å²) in [6.07, 6.45) is 2.28. The zero-order valence-electron chi connectivity index (χ0n) is 15.1. The molecule has 0 bridgehead atoms. The average molecular weight is 355 g/mol. The highest BCUT2D eigenvalue weighted by molar-refractivity contribution is 5.85. The summed E-state index contributed by atoms with van der Waals surface area (Å²) in [6.45, 7) is 8.92. The molecule has 0 spiro atoms. The third-order valence-electron chi connectivity index (χ3n) is 4.84. The highest BCUT2D eigenvalue weighted by atomic mass is 35.5. The van der Waals surface area contributed by atoms with E-state index in [9.17, 15) is 4.79 Å². The number of benzene rings is 1. The van der Waals surface area contributed by atoms with Gasteiger partial charge in [-0.05, 0) is 35.8 Å². The van der Waals surface area contributed by atoms with Gasteiger partial charge in [0.1, 0.15) is 0 Å². The lowest BCUT2D eigenvalue weighted by atomic mass is 9.79. The molecule has 4 nitrogen and oxygen atoms in total. The lowest BCUT2D eigenvalue weighted by Gasteiger charge is -2.34. The number of ether oxygens (including phenoxy) is 1. The molecule has 1 aliphatic heterocycles. The minimum atomic E-state index is -0.436. The molecule has 1 fully saturated rings. The highest BCUT2D eigenvalue weighted by Crippen LogP contribution is 2.29. The van der Waals surface area contributed by atoms with Gasteiger partial charge in [0, 0.05) is 26.3 Å². The molecule has 0 radical (unpaired) electrons. The monoisotopic (exact) mass is 354 g/mol. The molecule has 5 heteroatoms. The van der Waals surface area contributed by atoms with Crippen molar-refractivity contribution in [2.24, 2.45) is 11.1 Å². The first-order valence-corrected chi connectivity index (χ1v) is 8.53. The molecular weight excluding hydrogens is 324 g/mol. The molecule has 0 aliphatic carbocycles. The van der Waals surface area contributed by atoms with E-state index in [1.54, 1.807) is 0 Å². The van der Waals surface area contributed by atoms with E-state index in [0.29, 0.717) is 26.3 Å². The number of rotatable bonds is 5. The van der Waals surface area contributed by atoms with Crippen molar-refractivity contribution < 1.29 is 9.53 Å². The van der Waals surface area contributed by atoms with Crippen LogP contribution >= 0.6 is 12.4 Å². The Balaban J connectivity index is 0.00000288. The summed E-state index contributed by atoms with van der Waals surface area (Å²) < 4.78 is 5.35. The number of carbonyl (C=O) groups excluding carboxylic acids is 1. The molecule has 0 aromatic heterocycles. The Morgan fingerprint density at radius 1 is 1.21 bits per heavy atom. The predicted molar refractivity (Wildman–Crippen MR) is 101 cm³/mol. The number of halogens is 1. The molecule has 3 N–H and O–H groups in total. The van der Waals surface area contributed by atoms with Crippen LogP contribution in [0.5, 0.6) is 0 Å². The zero-order valence-corrected chi connectivity index (χ0v) is 15.9. The SMILES string of the molecule is CC(C)(C)c1ccc(CCNC(=O)C2(CN)CCOCC2)cc1.Cl. The minimum Gasteiger partial charge on any atom is -0.381 e. The van der Waals surface area contributed by atoms with Crippen molar-refractivity contribution in [1.82, 2.24) is 5.32 Å². The fraction of sp³-hybridized carbons (Fsp3) is 0.632. The molecule has 0 atom stereocenters. The maximum absolute atomic E-state index is 12.5. The van der Waals surface area contributed by atoms with Gasteiger partial charge in [-0.25, -0.2) is 0 Å². The molecule has 1 heterocycles. The standard InChI is InChI=1S/C19H30N2O2.ClH/c1-18(2,3)16-6-4-15(5-7-16)8-11-21-17(22)19(14-20)9-12-23-13-10-19;/h4-7H,8-14,20H2,1-3H3,(H,21,22);1H. The topological polar surface area (TPSA) is 64.4 Å². The van der Waals surface area contributed by atoms with Gasteiger partial charge in [-0.15, -0.1) is 12.4 Å². The van der Waals surface area contributed by atoms with Crippen molar-refractivity contribution in [2.75, 3.05) is 26.3 Å². The van der Waals surface area contributed by atoms with E-state index >= 15 is 0 Å². The van der Waals surface area contributed by atoms with Crippen molar-refractivity contribution in [3.63, 3.8) is 0 Å². The summed E-state index contributed by atoms with van der Waals surface area (Å²) >= 11 is 0. The number of hydrogen-bond acceptors (Lipinski definition) is 3. The van der Waals surface area contributed by atoms with Crippen LogP contribution in [0.2, 0.25) is 0 Å². The van der Waals surface area contributed by atoms with Gasteiger partial charge < -0.3 is 15.8 Å². The van der Waals surface area contributed by atoms with Crippen LogP contribution in [-0.4, -0.2) is 32.2 Å². The molecule has 1 aromatic rings. The fourth-order valence-electron chi connectivity index (χ4n) is 2.97. The number of carbonyl (C=O) groups is 1. The Morgan fingerprint density at radius 3 is 2.29 bits per heavy atom. The van der Waals surface area contributed by atoms with Crippen LogP contribution in [0.4, 0.5) is 0 Å². The van der Waals surface area contributed by atoms with E-state index in [1.807, 2.05) is 0 Å². The van der Waals surface area contributed by atoms with Crippen LogP contribution in [-0.2, 0) is 21.4 Å². The second-order valence-corrected chi connectivity index (χ2v) is 7.55. The molecule has 1 aromatic carbocycles. The van der Waals surface area contributed by atoms with Gasteiger partial charge in [0.15, 0.2) is 0 Å². The van der Waals surface area contributed by atoms with E-state index in [2.05, 4.69) is 50.4 Å². The molecule has 1 amide bonds. The van der Waals surface area contributed by atoms with E-state index in [0.717, 1.165) is 19.3 Å². The third-order valence-corrected chi connectivity index (χ3v) is 4.84. The van der Waals surface area contributed by atoms with Crippen molar-refractivity contribution in [1.29, 1.82) is 0 Å². The van der Waals surface area contributed by atoms with Crippen molar-refractivity contribution in [3.8, 4) is 0 Å². The zero-order chi connectivity index (χ0) is 16.9. The average Bonchev–Trinajstić information content (AvgIpc) is 2.55. The molecular formula is C19H31ClN2O2.